The summed E-state index contributed by atoms with van der Waals surface area (Å²) in [5.74, 6) is -2.02. The third-order valence-corrected chi connectivity index (χ3v) is 2.68. The zero-order valence-electron chi connectivity index (χ0n) is 10.4. The fourth-order valence-corrected chi connectivity index (χ4v) is 1.61. The molecule has 0 saturated heterocycles. The largest absolute Gasteiger partial charge is 0.486 e. The molecule has 4 nitrogen and oxygen atoms in total. The normalized spacial score (nSPS) is 10.3. The average molecular weight is 278 g/mol. The van der Waals surface area contributed by atoms with Gasteiger partial charge >= 0.3 is 0 Å². The highest BCUT2D eigenvalue weighted by Gasteiger charge is 2.09. The van der Waals surface area contributed by atoms with Crippen molar-refractivity contribution in [3.05, 3.63) is 59.2 Å². The molecule has 0 heterocycles. The Morgan fingerprint density at radius 1 is 1.10 bits per heavy atom. The lowest BCUT2D eigenvalue weighted by Crippen LogP contribution is -2.12. The molecule has 0 unspecified atom stereocenters. The number of hydrogen-bond donors (Lipinski definition) is 2. The van der Waals surface area contributed by atoms with Gasteiger partial charge in [-0.2, -0.15) is 0 Å². The highest BCUT2D eigenvalue weighted by molar-refractivity contribution is 5.92. The molecular weight excluding hydrogens is 266 g/mol. The predicted molar refractivity (Wildman–Crippen MR) is 70.1 cm³/mol. The SMILES string of the molecule is NC(=O)c1ccc(COc2ccc(N)cc2F)c(F)c1. The Balaban J connectivity index is 2.13. The number of hydrogen-bond acceptors (Lipinski definition) is 3. The lowest BCUT2D eigenvalue weighted by Gasteiger charge is -2.09. The van der Waals surface area contributed by atoms with Gasteiger partial charge < -0.3 is 16.2 Å². The van der Waals surface area contributed by atoms with Crippen molar-refractivity contribution in [3.8, 4) is 5.75 Å². The zero-order chi connectivity index (χ0) is 14.7. The van der Waals surface area contributed by atoms with E-state index in [0.717, 1.165) is 12.1 Å². The molecule has 0 atom stereocenters. The van der Waals surface area contributed by atoms with Crippen LogP contribution in [0.1, 0.15) is 15.9 Å². The van der Waals surface area contributed by atoms with E-state index >= 15 is 0 Å². The maximum absolute atomic E-state index is 13.7. The van der Waals surface area contributed by atoms with Crippen molar-refractivity contribution in [1.29, 1.82) is 0 Å². The molecule has 0 spiro atoms. The first-order valence-electron chi connectivity index (χ1n) is 5.73. The van der Waals surface area contributed by atoms with Gasteiger partial charge in [-0.05, 0) is 24.3 Å². The first-order chi connectivity index (χ1) is 9.47. The highest BCUT2D eigenvalue weighted by Crippen LogP contribution is 2.21. The van der Waals surface area contributed by atoms with Crippen LogP contribution in [0.15, 0.2) is 36.4 Å². The minimum atomic E-state index is -0.721. The Kier molecular flexibility index (Phi) is 3.84. The molecule has 2 aromatic rings. The molecule has 20 heavy (non-hydrogen) atoms. The lowest BCUT2D eigenvalue weighted by molar-refractivity contribution is 0.0999. The predicted octanol–water partition coefficient (Wildman–Crippen LogP) is 2.22. The molecule has 0 fully saturated rings. The lowest BCUT2D eigenvalue weighted by atomic mass is 10.1. The molecule has 1 amide bonds. The maximum atomic E-state index is 13.7. The second-order valence-corrected chi connectivity index (χ2v) is 4.15. The van der Waals surface area contributed by atoms with Gasteiger partial charge in [0.25, 0.3) is 0 Å². The number of anilines is 1. The molecule has 0 aliphatic heterocycles. The molecule has 0 aromatic heterocycles. The number of amides is 1. The van der Waals surface area contributed by atoms with Crippen LogP contribution in [0.4, 0.5) is 14.5 Å². The van der Waals surface area contributed by atoms with Crippen molar-refractivity contribution < 1.29 is 18.3 Å². The number of benzene rings is 2. The summed E-state index contributed by atoms with van der Waals surface area (Å²) in [4.78, 5) is 10.9. The van der Waals surface area contributed by atoms with Crippen LogP contribution < -0.4 is 16.2 Å². The van der Waals surface area contributed by atoms with Gasteiger partial charge in [0.05, 0.1) is 0 Å². The number of halogens is 2. The standard InChI is InChI=1S/C14H12F2N2O2/c15-11-5-8(14(18)19)1-2-9(11)7-20-13-4-3-10(17)6-12(13)16/h1-6H,7,17H2,(H2,18,19). The summed E-state index contributed by atoms with van der Waals surface area (Å²) in [5.41, 5.74) is 11.0. The van der Waals surface area contributed by atoms with Crippen LogP contribution in [0.5, 0.6) is 5.75 Å². The minimum absolute atomic E-state index is 0.0300. The van der Waals surface area contributed by atoms with Gasteiger partial charge in [-0.3, -0.25) is 4.79 Å². The van der Waals surface area contributed by atoms with E-state index in [1.165, 1.54) is 24.3 Å². The number of rotatable bonds is 4. The van der Waals surface area contributed by atoms with Crippen LogP contribution in [0.2, 0.25) is 0 Å². The van der Waals surface area contributed by atoms with Gasteiger partial charge in [0.1, 0.15) is 12.4 Å². The van der Waals surface area contributed by atoms with Crippen LogP contribution >= 0.6 is 0 Å². The fourth-order valence-electron chi connectivity index (χ4n) is 1.61. The Labute approximate surface area is 114 Å². The van der Waals surface area contributed by atoms with Gasteiger partial charge in [-0.15, -0.1) is 0 Å². The maximum Gasteiger partial charge on any atom is 0.248 e. The molecule has 6 heteroatoms. The molecule has 0 bridgehead atoms. The van der Waals surface area contributed by atoms with Crippen LogP contribution in [0.3, 0.4) is 0 Å². The summed E-state index contributed by atoms with van der Waals surface area (Å²) in [6.07, 6.45) is 0. The Morgan fingerprint density at radius 3 is 2.45 bits per heavy atom. The number of ether oxygens (including phenoxy) is 1. The average Bonchev–Trinajstić information content (AvgIpc) is 2.38. The van der Waals surface area contributed by atoms with E-state index in [1.807, 2.05) is 0 Å². The second-order valence-electron chi connectivity index (χ2n) is 4.15. The van der Waals surface area contributed by atoms with Crippen molar-refractivity contribution >= 4 is 11.6 Å². The molecule has 4 N–H and O–H groups in total. The number of primary amides is 1. The van der Waals surface area contributed by atoms with E-state index in [9.17, 15) is 13.6 Å². The fraction of sp³-hybridized carbons (Fsp3) is 0.0714. The number of carbonyl (C=O) groups excluding carboxylic acids is 1. The van der Waals surface area contributed by atoms with Crippen molar-refractivity contribution in [2.24, 2.45) is 5.73 Å². The Morgan fingerprint density at radius 2 is 1.85 bits per heavy atom. The van der Waals surface area contributed by atoms with Gasteiger partial charge in [0, 0.05) is 22.9 Å². The van der Waals surface area contributed by atoms with Gasteiger partial charge in [0.15, 0.2) is 11.6 Å². The van der Waals surface area contributed by atoms with E-state index < -0.39 is 17.5 Å². The molecule has 104 valence electrons. The smallest absolute Gasteiger partial charge is 0.248 e. The van der Waals surface area contributed by atoms with Crippen molar-refractivity contribution in [2.75, 3.05) is 5.73 Å². The van der Waals surface area contributed by atoms with Crippen LogP contribution in [0, 0.1) is 11.6 Å². The molecule has 0 aliphatic rings. The minimum Gasteiger partial charge on any atom is -0.486 e. The van der Waals surface area contributed by atoms with E-state index in [0.29, 0.717) is 0 Å². The van der Waals surface area contributed by atoms with Crippen molar-refractivity contribution in [1.82, 2.24) is 0 Å². The summed E-state index contributed by atoms with van der Waals surface area (Å²) >= 11 is 0. The molecule has 0 radical (unpaired) electrons. The third-order valence-electron chi connectivity index (χ3n) is 2.68. The first kappa shape index (κ1) is 13.8. The molecule has 0 saturated carbocycles. The summed E-state index contributed by atoms with van der Waals surface area (Å²) in [5, 5.41) is 0. The second kappa shape index (κ2) is 5.56. The third kappa shape index (κ3) is 3.03. The van der Waals surface area contributed by atoms with E-state index in [1.54, 1.807) is 0 Å². The molecular formula is C14H12F2N2O2. The van der Waals surface area contributed by atoms with E-state index in [4.69, 9.17) is 16.2 Å². The van der Waals surface area contributed by atoms with Crippen LogP contribution in [0.25, 0.3) is 0 Å². The Bertz CT molecular complexity index is 660. The van der Waals surface area contributed by atoms with E-state index in [2.05, 4.69) is 0 Å². The number of carbonyl (C=O) groups is 1. The molecule has 2 rings (SSSR count). The Hall–Kier alpha value is -2.63. The quantitative estimate of drug-likeness (QED) is 0.842. The summed E-state index contributed by atoms with van der Waals surface area (Å²) in [6.45, 7) is -0.175. The van der Waals surface area contributed by atoms with Crippen molar-refractivity contribution in [3.63, 3.8) is 0 Å². The van der Waals surface area contributed by atoms with Gasteiger partial charge in [-0.25, -0.2) is 8.78 Å². The first-order valence-corrected chi connectivity index (χ1v) is 5.73. The summed E-state index contributed by atoms with van der Waals surface area (Å²) in [6, 6.07) is 7.71. The van der Waals surface area contributed by atoms with Crippen LogP contribution in [-0.4, -0.2) is 5.91 Å². The summed E-state index contributed by atoms with van der Waals surface area (Å²) in [7, 11) is 0. The highest BCUT2D eigenvalue weighted by atomic mass is 19.1. The van der Waals surface area contributed by atoms with E-state index in [-0.39, 0.29) is 29.2 Å². The number of nitrogen functional groups attached to an aromatic ring is 1. The zero-order valence-corrected chi connectivity index (χ0v) is 10.4. The molecule has 2 aromatic carbocycles. The van der Waals surface area contributed by atoms with Gasteiger partial charge in [0.2, 0.25) is 5.91 Å². The monoisotopic (exact) mass is 278 g/mol. The topological polar surface area (TPSA) is 78.3 Å². The molecule has 0 aliphatic carbocycles. The van der Waals surface area contributed by atoms with Gasteiger partial charge in [-0.1, -0.05) is 6.07 Å². The number of nitrogens with two attached hydrogens (primary N) is 2. The van der Waals surface area contributed by atoms with Crippen molar-refractivity contribution in [2.45, 2.75) is 6.61 Å². The van der Waals surface area contributed by atoms with Crippen LogP contribution in [-0.2, 0) is 6.61 Å². The summed E-state index contributed by atoms with van der Waals surface area (Å²) < 4.78 is 32.3.